The molecule has 0 atom stereocenters. The first kappa shape index (κ1) is 8.87. The van der Waals surface area contributed by atoms with Gasteiger partial charge in [0, 0.05) is 18.6 Å². The van der Waals surface area contributed by atoms with Crippen LogP contribution < -0.4 is 0 Å². The van der Waals surface area contributed by atoms with Crippen molar-refractivity contribution in [3.8, 4) is 0 Å². The Kier molecular flexibility index (Phi) is 2.04. The van der Waals surface area contributed by atoms with Gasteiger partial charge in [0.05, 0.1) is 0 Å². The normalized spacial score (nSPS) is 11.1. The molecular weight excluding hydrogens is 178 g/mol. The Morgan fingerprint density at radius 1 is 1.43 bits per heavy atom. The van der Waals surface area contributed by atoms with Gasteiger partial charge in [-0.3, -0.25) is 9.20 Å². The van der Waals surface area contributed by atoms with E-state index >= 15 is 0 Å². The van der Waals surface area contributed by atoms with Crippen LogP contribution in [-0.2, 0) is 0 Å². The minimum atomic E-state index is 0.415. The van der Waals surface area contributed by atoms with E-state index in [-0.39, 0.29) is 0 Å². The maximum absolute atomic E-state index is 10.5. The predicted molar refractivity (Wildman–Crippen MR) is 52.5 cm³/mol. The van der Waals surface area contributed by atoms with Crippen LogP contribution in [0, 0.1) is 0 Å². The van der Waals surface area contributed by atoms with Gasteiger partial charge in [-0.2, -0.15) is 0 Å². The molecule has 0 spiro atoms. The summed E-state index contributed by atoms with van der Waals surface area (Å²) in [7, 11) is 0. The zero-order valence-electron chi connectivity index (χ0n) is 8.14. The molecule has 2 heterocycles. The van der Waals surface area contributed by atoms with Crippen molar-refractivity contribution in [2.75, 3.05) is 0 Å². The van der Waals surface area contributed by atoms with E-state index in [9.17, 15) is 4.79 Å². The van der Waals surface area contributed by atoms with E-state index in [1.54, 1.807) is 16.8 Å². The number of hydrogen-bond acceptors (Lipinski definition) is 3. The molecule has 0 N–H and O–H groups in total. The highest BCUT2D eigenvalue weighted by molar-refractivity contribution is 5.72. The summed E-state index contributed by atoms with van der Waals surface area (Å²) in [6, 6.07) is 0. The average molecular weight is 189 g/mol. The molecule has 0 aliphatic rings. The van der Waals surface area contributed by atoms with Crippen molar-refractivity contribution in [1.29, 1.82) is 0 Å². The number of hydrogen-bond donors (Lipinski definition) is 0. The third kappa shape index (κ3) is 1.39. The van der Waals surface area contributed by atoms with Crippen molar-refractivity contribution in [2.24, 2.45) is 0 Å². The maximum Gasteiger partial charge on any atom is 0.234 e. The van der Waals surface area contributed by atoms with Crippen molar-refractivity contribution in [3.05, 3.63) is 29.8 Å². The summed E-state index contributed by atoms with van der Waals surface area (Å²) in [5.74, 6) is 0.991. The molecule has 4 nitrogen and oxygen atoms in total. The quantitative estimate of drug-likeness (QED) is 0.675. The molecule has 72 valence electrons. The zero-order valence-corrected chi connectivity index (χ0v) is 8.14. The van der Waals surface area contributed by atoms with E-state index < -0.39 is 0 Å². The van der Waals surface area contributed by atoms with E-state index in [4.69, 9.17) is 0 Å². The van der Waals surface area contributed by atoms with Gasteiger partial charge >= 0.3 is 0 Å². The van der Waals surface area contributed by atoms with Gasteiger partial charge in [0.1, 0.15) is 5.69 Å². The Balaban J connectivity index is 2.59. The fourth-order valence-corrected chi connectivity index (χ4v) is 1.27. The Morgan fingerprint density at radius 2 is 2.21 bits per heavy atom. The molecule has 0 bridgehead atoms. The summed E-state index contributed by atoms with van der Waals surface area (Å²) in [6.45, 7) is 4.20. The molecule has 2 aromatic rings. The number of imidazole rings is 1. The molecule has 0 aliphatic carbocycles. The van der Waals surface area contributed by atoms with Gasteiger partial charge in [-0.1, -0.05) is 13.8 Å². The van der Waals surface area contributed by atoms with Crippen LogP contribution >= 0.6 is 0 Å². The highest BCUT2D eigenvalue weighted by Crippen LogP contribution is 2.13. The molecule has 0 saturated carbocycles. The largest absolute Gasteiger partial charge is 0.296 e. The number of rotatable bonds is 2. The summed E-state index contributed by atoms with van der Waals surface area (Å²) >= 11 is 0. The number of carbonyl (C=O) groups is 1. The maximum atomic E-state index is 10.5. The standard InChI is InChI=1S/C10H11N3O/c1-7(2)8-3-11-10-12-9(6-14)5-13(10)4-8/h3-7H,1-2H3. The van der Waals surface area contributed by atoms with Gasteiger partial charge in [-0.25, -0.2) is 9.97 Å². The minimum Gasteiger partial charge on any atom is -0.296 e. The average Bonchev–Trinajstić information content (AvgIpc) is 2.58. The molecule has 0 fully saturated rings. The van der Waals surface area contributed by atoms with Crippen LogP contribution in [0.25, 0.3) is 5.78 Å². The Morgan fingerprint density at radius 3 is 2.86 bits per heavy atom. The lowest BCUT2D eigenvalue weighted by Gasteiger charge is -2.03. The van der Waals surface area contributed by atoms with Crippen molar-refractivity contribution in [3.63, 3.8) is 0 Å². The van der Waals surface area contributed by atoms with Crippen LogP contribution in [0.15, 0.2) is 18.6 Å². The van der Waals surface area contributed by atoms with Gasteiger partial charge in [-0.05, 0) is 11.5 Å². The van der Waals surface area contributed by atoms with E-state index in [0.29, 0.717) is 17.4 Å². The SMILES string of the molecule is CC(C)c1cnc2nc(C=O)cn2c1. The topological polar surface area (TPSA) is 47.3 Å². The lowest BCUT2D eigenvalue weighted by Crippen LogP contribution is -1.94. The van der Waals surface area contributed by atoms with Crippen LogP contribution in [-0.4, -0.2) is 20.7 Å². The van der Waals surface area contributed by atoms with Crippen LogP contribution in [0.4, 0.5) is 0 Å². The lowest BCUT2D eigenvalue weighted by molar-refractivity contribution is 0.111. The van der Waals surface area contributed by atoms with Crippen LogP contribution in [0.5, 0.6) is 0 Å². The van der Waals surface area contributed by atoms with E-state index in [1.165, 1.54) is 0 Å². The molecule has 14 heavy (non-hydrogen) atoms. The molecule has 0 aliphatic heterocycles. The van der Waals surface area contributed by atoms with Crippen LogP contribution in [0.2, 0.25) is 0 Å². The van der Waals surface area contributed by atoms with Crippen molar-refractivity contribution in [1.82, 2.24) is 14.4 Å². The fourth-order valence-electron chi connectivity index (χ4n) is 1.27. The van der Waals surface area contributed by atoms with Crippen LogP contribution in [0.1, 0.15) is 35.8 Å². The molecule has 0 saturated heterocycles. The predicted octanol–water partition coefficient (Wildman–Crippen LogP) is 1.67. The molecule has 0 unspecified atom stereocenters. The molecule has 0 amide bonds. The number of aldehydes is 1. The number of aromatic nitrogens is 3. The van der Waals surface area contributed by atoms with Crippen molar-refractivity contribution >= 4 is 12.1 Å². The molecule has 4 heteroatoms. The summed E-state index contributed by atoms with van der Waals surface area (Å²) in [5, 5.41) is 0. The summed E-state index contributed by atoms with van der Waals surface area (Å²) in [6.07, 6.45) is 6.15. The summed E-state index contributed by atoms with van der Waals surface area (Å²) in [5.41, 5.74) is 1.55. The number of nitrogens with zero attached hydrogens (tertiary/aromatic N) is 3. The molecular formula is C10H11N3O. The zero-order chi connectivity index (χ0) is 10.1. The third-order valence-corrected chi connectivity index (χ3v) is 2.14. The van der Waals surface area contributed by atoms with Crippen molar-refractivity contribution in [2.45, 2.75) is 19.8 Å². The molecule has 0 aromatic carbocycles. The highest BCUT2D eigenvalue weighted by Gasteiger charge is 2.04. The van der Waals surface area contributed by atoms with Gasteiger partial charge in [0.2, 0.25) is 5.78 Å². The highest BCUT2D eigenvalue weighted by atomic mass is 16.1. The first-order valence-electron chi connectivity index (χ1n) is 4.50. The smallest absolute Gasteiger partial charge is 0.234 e. The van der Waals surface area contributed by atoms with E-state index in [2.05, 4.69) is 23.8 Å². The summed E-state index contributed by atoms with van der Waals surface area (Å²) in [4.78, 5) is 18.7. The molecule has 0 radical (unpaired) electrons. The van der Waals surface area contributed by atoms with Gasteiger partial charge < -0.3 is 0 Å². The third-order valence-electron chi connectivity index (χ3n) is 2.14. The lowest BCUT2D eigenvalue weighted by atomic mass is 10.1. The van der Waals surface area contributed by atoms with Gasteiger partial charge in [0.25, 0.3) is 0 Å². The second-order valence-corrected chi connectivity index (χ2v) is 3.53. The first-order chi connectivity index (χ1) is 6.70. The Bertz CT molecular complexity index is 473. The fraction of sp³-hybridized carbons (Fsp3) is 0.300. The number of fused-ring (bicyclic) bond motifs is 1. The van der Waals surface area contributed by atoms with E-state index in [0.717, 1.165) is 11.8 Å². The molecule has 2 rings (SSSR count). The minimum absolute atomic E-state index is 0.415. The van der Waals surface area contributed by atoms with Crippen LogP contribution in [0.3, 0.4) is 0 Å². The Hall–Kier alpha value is -1.71. The van der Waals surface area contributed by atoms with Gasteiger partial charge in [-0.15, -0.1) is 0 Å². The second kappa shape index (κ2) is 3.21. The number of carbonyl (C=O) groups excluding carboxylic acids is 1. The molecule has 2 aromatic heterocycles. The second-order valence-electron chi connectivity index (χ2n) is 3.53. The first-order valence-corrected chi connectivity index (χ1v) is 4.50. The Labute approximate surface area is 81.6 Å². The van der Waals surface area contributed by atoms with E-state index in [1.807, 2.05) is 6.20 Å². The van der Waals surface area contributed by atoms with Gasteiger partial charge in [0.15, 0.2) is 6.29 Å². The van der Waals surface area contributed by atoms with Crippen molar-refractivity contribution < 1.29 is 4.79 Å². The monoisotopic (exact) mass is 189 g/mol. The summed E-state index contributed by atoms with van der Waals surface area (Å²) < 4.78 is 1.78.